The summed E-state index contributed by atoms with van der Waals surface area (Å²) in [4.78, 5) is 23.3. The van der Waals surface area contributed by atoms with Crippen LogP contribution >= 0.6 is 0 Å². The van der Waals surface area contributed by atoms with Gasteiger partial charge in [-0.3, -0.25) is 0 Å². The van der Waals surface area contributed by atoms with Crippen LogP contribution < -0.4 is 0 Å². The highest BCUT2D eigenvalue weighted by Gasteiger charge is 2.61. The van der Waals surface area contributed by atoms with Gasteiger partial charge in [-0.05, 0) is 62.2 Å². The lowest BCUT2D eigenvalue weighted by molar-refractivity contribution is -0.222. The van der Waals surface area contributed by atoms with E-state index < -0.39 is 48.3 Å². The van der Waals surface area contributed by atoms with Gasteiger partial charge in [0.25, 0.3) is 0 Å². The van der Waals surface area contributed by atoms with Gasteiger partial charge in [0.15, 0.2) is 0 Å². The molecule has 0 amide bonds. The highest BCUT2D eigenvalue weighted by molar-refractivity contribution is 5.76. The van der Waals surface area contributed by atoms with E-state index in [1.165, 1.54) is 5.57 Å². The molecule has 4 rings (SSSR count). The number of carbonyl (C=O) groups is 2. The molecule has 4 aliphatic carbocycles. The summed E-state index contributed by atoms with van der Waals surface area (Å²) in [5, 5.41) is 0. The molecule has 0 aromatic heterocycles. The first-order chi connectivity index (χ1) is 16.1. The molecular formula is C25H30F6O4. The lowest BCUT2D eigenvalue weighted by Crippen LogP contribution is -2.57. The number of allylic oxidation sites excluding steroid dienone is 3. The second-order valence-electron chi connectivity index (χ2n) is 10.8. The van der Waals surface area contributed by atoms with Gasteiger partial charge in [-0.15, -0.1) is 0 Å². The third-order valence-electron chi connectivity index (χ3n) is 9.31. The Morgan fingerprint density at radius 3 is 2.23 bits per heavy atom. The van der Waals surface area contributed by atoms with E-state index in [-0.39, 0.29) is 23.7 Å². The zero-order chi connectivity index (χ0) is 26.0. The van der Waals surface area contributed by atoms with Crippen molar-refractivity contribution in [3.8, 4) is 0 Å². The lowest BCUT2D eigenvalue weighted by atomic mass is 9.47. The quantitative estimate of drug-likeness (QED) is 0.244. The summed E-state index contributed by atoms with van der Waals surface area (Å²) >= 11 is 0. The number of rotatable bonds is 2. The van der Waals surface area contributed by atoms with E-state index in [4.69, 9.17) is 4.74 Å². The fraction of sp³-hybridized carbons (Fsp3) is 0.760. The van der Waals surface area contributed by atoms with E-state index in [1.54, 1.807) is 6.92 Å². The first-order valence-corrected chi connectivity index (χ1v) is 12.0. The summed E-state index contributed by atoms with van der Waals surface area (Å²) in [5.74, 6) is -4.41. The van der Waals surface area contributed by atoms with Gasteiger partial charge < -0.3 is 9.47 Å². The third kappa shape index (κ3) is 4.28. The molecule has 0 aromatic carbocycles. The maximum atomic E-state index is 13.1. The molecule has 0 radical (unpaired) electrons. The predicted octanol–water partition coefficient (Wildman–Crippen LogP) is 6.45. The second-order valence-corrected chi connectivity index (χ2v) is 10.8. The number of halogens is 6. The van der Waals surface area contributed by atoms with Crippen LogP contribution in [0.1, 0.15) is 65.7 Å². The Labute approximate surface area is 200 Å². The molecule has 196 valence electrons. The monoisotopic (exact) mass is 508 g/mol. The van der Waals surface area contributed by atoms with Crippen LogP contribution in [0.5, 0.6) is 0 Å². The van der Waals surface area contributed by atoms with Crippen LogP contribution in [0.25, 0.3) is 0 Å². The van der Waals surface area contributed by atoms with Gasteiger partial charge in [-0.1, -0.05) is 37.1 Å². The maximum absolute atomic E-state index is 13.1. The van der Waals surface area contributed by atoms with Crippen LogP contribution in [0.3, 0.4) is 0 Å². The van der Waals surface area contributed by atoms with Gasteiger partial charge in [0.2, 0.25) is 0 Å². The van der Waals surface area contributed by atoms with Crippen molar-refractivity contribution >= 4 is 11.9 Å². The maximum Gasteiger partial charge on any atom is 0.490 e. The second kappa shape index (κ2) is 8.54. The molecule has 4 nitrogen and oxygen atoms in total. The molecular weight excluding hydrogens is 478 g/mol. The summed E-state index contributed by atoms with van der Waals surface area (Å²) in [6.07, 6.45) is -5.45. The number of hydrogen-bond acceptors (Lipinski definition) is 4. The molecule has 0 aliphatic heterocycles. The minimum absolute atomic E-state index is 0.00913. The van der Waals surface area contributed by atoms with Gasteiger partial charge in [-0.25, -0.2) is 9.59 Å². The number of carbonyl (C=O) groups excluding carboxylic acids is 2. The number of esters is 2. The van der Waals surface area contributed by atoms with Crippen molar-refractivity contribution in [2.45, 2.75) is 90.3 Å². The summed E-state index contributed by atoms with van der Waals surface area (Å²) in [5.41, 5.74) is 1.03. The topological polar surface area (TPSA) is 52.6 Å². The van der Waals surface area contributed by atoms with Gasteiger partial charge in [0.1, 0.15) is 12.2 Å². The molecule has 0 unspecified atom stereocenters. The molecule has 0 N–H and O–H groups in total. The highest BCUT2D eigenvalue weighted by Crippen LogP contribution is 2.66. The molecule has 0 bridgehead atoms. The molecule has 0 aromatic rings. The van der Waals surface area contributed by atoms with E-state index in [0.717, 1.165) is 19.3 Å². The van der Waals surface area contributed by atoms with Gasteiger partial charge >= 0.3 is 24.3 Å². The van der Waals surface area contributed by atoms with E-state index in [9.17, 15) is 35.9 Å². The molecule has 0 spiro atoms. The molecule has 4 aliphatic rings. The minimum Gasteiger partial charge on any atom is -0.455 e. The van der Waals surface area contributed by atoms with Gasteiger partial charge in [0, 0.05) is 18.3 Å². The SMILES string of the molecule is C/C=C1/CC[C@H]2[C@@H]3CC=C4C[C@@H](OC(=O)C(F)(F)F)C[C@H](OC(=O)C(F)(F)F)[C@]4(C)[C@H]3CC[C@]12C. The normalized spacial score (nSPS) is 40.3. The number of fused-ring (bicyclic) bond motifs is 5. The summed E-state index contributed by atoms with van der Waals surface area (Å²) in [7, 11) is 0. The van der Waals surface area contributed by atoms with Gasteiger partial charge in [-0.2, -0.15) is 26.3 Å². The lowest BCUT2D eigenvalue weighted by Gasteiger charge is -2.59. The van der Waals surface area contributed by atoms with Crippen molar-refractivity contribution in [2.24, 2.45) is 28.6 Å². The highest BCUT2D eigenvalue weighted by atomic mass is 19.4. The van der Waals surface area contributed by atoms with Crippen molar-refractivity contribution in [3.05, 3.63) is 23.3 Å². The third-order valence-corrected chi connectivity index (χ3v) is 9.31. The summed E-state index contributed by atoms with van der Waals surface area (Å²) in [6.45, 7) is 6.03. The Kier molecular flexibility index (Phi) is 6.36. The van der Waals surface area contributed by atoms with E-state index >= 15 is 0 Å². The van der Waals surface area contributed by atoms with E-state index in [2.05, 4.69) is 17.7 Å². The molecule has 35 heavy (non-hydrogen) atoms. The van der Waals surface area contributed by atoms with Crippen molar-refractivity contribution in [1.82, 2.24) is 0 Å². The van der Waals surface area contributed by atoms with Crippen molar-refractivity contribution in [1.29, 1.82) is 0 Å². The Morgan fingerprint density at radius 2 is 1.63 bits per heavy atom. The summed E-state index contributed by atoms with van der Waals surface area (Å²) < 4.78 is 87.3. The Bertz CT molecular complexity index is 951. The van der Waals surface area contributed by atoms with Crippen LogP contribution in [-0.2, 0) is 19.1 Å². The van der Waals surface area contributed by atoms with E-state index in [0.29, 0.717) is 24.3 Å². The van der Waals surface area contributed by atoms with Crippen LogP contribution in [0.2, 0.25) is 0 Å². The number of alkyl halides is 6. The average molecular weight is 508 g/mol. The van der Waals surface area contributed by atoms with Crippen LogP contribution in [0.4, 0.5) is 26.3 Å². The number of hydrogen-bond donors (Lipinski definition) is 0. The number of ether oxygens (including phenoxy) is 2. The Morgan fingerprint density at radius 1 is 1.00 bits per heavy atom. The minimum atomic E-state index is -5.25. The average Bonchev–Trinajstić information content (AvgIpc) is 3.09. The molecule has 7 atom stereocenters. The zero-order valence-corrected chi connectivity index (χ0v) is 19.9. The predicted molar refractivity (Wildman–Crippen MR) is 113 cm³/mol. The first kappa shape index (κ1) is 26.1. The molecule has 0 heterocycles. The van der Waals surface area contributed by atoms with Crippen molar-refractivity contribution in [3.63, 3.8) is 0 Å². The molecule has 10 heteroatoms. The first-order valence-electron chi connectivity index (χ1n) is 12.0. The largest absolute Gasteiger partial charge is 0.490 e. The smallest absolute Gasteiger partial charge is 0.455 e. The molecule has 3 fully saturated rings. The van der Waals surface area contributed by atoms with Crippen LogP contribution in [-0.4, -0.2) is 36.5 Å². The standard InChI is InChI=1S/C25H30F6O4/c1-4-13-6-8-17-16-7-5-14-11-15(34-20(32)24(26,27)28)12-19(35-21(33)25(29,30)31)23(14,3)18(16)9-10-22(13,17)2/h4-5,15-19H,6-12H2,1-3H3/b13-4-/t15-,16+,17+,18+,19+,22-,23+/m1/s1. The molecule has 0 saturated heterocycles. The Hall–Kier alpha value is -2.00. The van der Waals surface area contributed by atoms with Crippen LogP contribution in [0, 0.1) is 28.6 Å². The Balaban J connectivity index is 1.68. The molecule has 3 saturated carbocycles. The van der Waals surface area contributed by atoms with Crippen molar-refractivity contribution in [2.75, 3.05) is 0 Å². The van der Waals surface area contributed by atoms with E-state index in [1.807, 2.05) is 13.0 Å². The fourth-order valence-electron chi connectivity index (χ4n) is 7.65. The van der Waals surface area contributed by atoms with Crippen LogP contribution in [0.15, 0.2) is 23.3 Å². The fourth-order valence-corrected chi connectivity index (χ4v) is 7.65. The van der Waals surface area contributed by atoms with Gasteiger partial charge in [0.05, 0.1) is 0 Å². The summed E-state index contributed by atoms with van der Waals surface area (Å²) in [6, 6.07) is 0. The van der Waals surface area contributed by atoms with Crippen molar-refractivity contribution < 1.29 is 45.4 Å². The zero-order valence-electron chi connectivity index (χ0n) is 19.9.